The minimum absolute atomic E-state index is 0.430. The molecule has 0 atom stereocenters. The molecule has 1 aromatic heterocycles. The molecule has 1 heterocycles. The highest BCUT2D eigenvalue weighted by Gasteiger charge is 2.01. The fourth-order valence-electron chi connectivity index (χ4n) is 0.846. The van der Waals surface area contributed by atoms with Crippen molar-refractivity contribution in [1.82, 2.24) is 4.98 Å². The molecule has 0 aliphatic rings. The first kappa shape index (κ1) is 10.7. The van der Waals surface area contributed by atoms with Crippen molar-refractivity contribution in [3.8, 4) is 6.07 Å². The van der Waals surface area contributed by atoms with E-state index in [0.717, 1.165) is 4.47 Å². The molecule has 0 saturated carbocycles. The van der Waals surface area contributed by atoms with Crippen molar-refractivity contribution >= 4 is 21.5 Å². The van der Waals surface area contributed by atoms with Crippen LogP contribution >= 0.6 is 15.9 Å². The highest BCUT2D eigenvalue weighted by atomic mass is 79.9. The number of rotatable bonds is 3. The van der Waals surface area contributed by atoms with Crippen LogP contribution in [0.1, 0.15) is 12.6 Å². The van der Waals surface area contributed by atoms with Gasteiger partial charge in [0.05, 0.1) is 12.3 Å². The van der Waals surface area contributed by atoms with Gasteiger partial charge < -0.3 is 4.74 Å². The molecular formula is C10H9BrN2O. The van der Waals surface area contributed by atoms with Gasteiger partial charge in [-0.2, -0.15) is 5.26 Å². The number of hydrogen-bond acceptors (Lipinski definition) is 3. The lowest BCUT2D eigenvalue weighted by Gasteiger charge is -1.98. The van der Waals surface area contributed by atoms with Crippen LogP contribution in [0.5, 0.6) is 0 Å². The first-order chi connectivity index (χ1) is 6.77. The highest BCUT2D eigenvalue weighted by molar-refractivity contribution is 9.10. The van der Waals surface area contributed by atoms with E-state index in [0.29, 0.717) is 17.9 Å². The van der Waals surface area contributed by atoms with Gasteiger partial charge in [0.25, 0.3) is 0 Å². The molecule has 14 heavy (non-hydrogen) atoms. The Morgan fingerprint density at radius 1 is 1.71 bits per heavy atom. The molecule has 0 aromatic carbocycles. The van der Waals surface area contributed by atoms with Crippen LogP contribution in [0.2, 0.25) is 0 Å². The van der Waals surface area contributed by atoms with Crippen LogP contribution in [0.3, 0.4) is 0 Å². The summed E-state index contributed by atoms with van der Waals surface area (Å²) < 4.78 is 5.92. The second kappa shape index (κ2) is 5.40. The first-order valence-corrected chi connectivity index (χ1v) is 4.91. The van der Waals surface area contributed by atoms with Crippen LogP contribution in [-0.2, 0) is 4.74 Å². The minimum Gasteiger partial charge on any atom is -0.500 e. The fourth-order valence-corrected chi connectivity index (χ4v) is 1.08. The molecule has 0 amide bonds. The third-order valence-electron chi connectivity index (χ3n) is 1.49. The average molecular weight is 253 g/mol. The van der Waals surface area contributed by atoms with Crippen LogP contribution in [0.25, 0.3) is 5.57 Å². The lowest BCUT2D eigenvalue weighted by molar-refractivity contribution is 0.271. The van der Waals surface area contributed by atoms with Gasteiger partial charge in [-0.3, -0.25) is 4.98 Å². The van der Waals surface area contributed by atoms with Crippen LogP contribution in [0, 0.1) is 11.3 Å². The molecule has 0 unspecified atom stereocenters. The summed E-state index contributed by atoms with van der Waals surface area (Å²) in [6.07, 6.45) is 3.07. The van der Waals surface area contributed by atoms with Crippen molar-refractivity contribution in [3.63, 3.8) is 0 Å². The van der Waals surface area contributed by atoms with Crippen LogP contribution in [0.4, 0.5) is 0 Å². The van der Waals surface area contributed by atoms with Crippen molar-refractivity contribution in [2.24, 2.45) is 0 Å². The topological polar surface area (TPSA) is 45.9 Å². The maximum atomic E-state index is 8.83. The number of nitriles is 1. The maximum Gasteiger partial charge on any atom is 0.112 e. The Morgan fingerprint density at radius 3 is 3.00 bits per heavy atom. The third kappa shape index (κ3) is 2.86. The van der Waals surface area contributed by atoms with Gasteiger partial charge in [-0.05, 0) is 35.0 Å². The lowest BCUT2D eigenvalue weighted by atomic mass is 10.2. The quantitative estimate of drug-likeness (QED) is 0.614. The average Bonchev–Trinajstić information content (AvgIpc) is 2.21. The second-order valence-electron chi connectivity index (χ2n) is 2.46. The van der Waals surface area contributed by atoms with E-state index in [1.165, 1.54) is 6.26 Å². The Balaban J connectivity index is 2.91. The summed E-state index contributed by atoms with van der Waals surface area (Å²) >= 11 is 3.27. The number of pyridine rings is 1. The van der Waals surface area contributed by atoms with Crippen LogP contribution in [-0.4, -0.2) is 11.6 Å². The number of halogens is 1. The lowest BCUT2D eigenvalue weighted by Crippen LogP contribution is -1.88. The van der Waals surface area contributed by atoms with Crippen molar-refractivity contribution in [1.29, 1.82) is 5.26 Å². The largest absolute Gasteiger partial charge is 0.500 e. The van der Waals surface area contributed by atoms with Gasteiger partial charge >= 0.3 is 0 Å². The summed E-state index contributed by atoms with van der Waals surface area (Å²) in [7, 11) is 0. The molecular weight excluding hydrogens is 244 g/mol. The minimum atomic E-state index is 0.430. The standard InChI is InChI=1S/C10H9BrN2O/c1-2-14-7-8(5-12)10-4-3-9(11)6-13-10/h3-4,6-7H,2H2,1H3/b8-7+. The molecule has 0 aliphatic heterocycles. The monoisotopic (exact) mass is 252 g/mol. The molecule has 0 fully saturated rings. The van der Waals surface area contributed by atoms with E-state index in [4.69, 9.17) is 10.00 Å². The van der Waals surface area contributed by atoms with E-state index in [1.54, 1.807) is 12.3 Å². The van der Waals surface area contributed by atoms with Crippen molar-refractivity contribution in [2.75, 3.05) is 6.61 Å². The maximum absolute atomic E-state index is 8.83. The predicted molar refractivity (Wildman–Crippen MR) is 57.2 cm³/mol. The SMILES string of the molecule is CCO/C=C(\C#N)c1ccc(Br)cn1. The Bertz CT molecular complexity index is 365. The highest BCUT2D eigenvalue weighted by Crippen LogP contribution is 2.14. The first-order valence-electron chi connectivity index (χ1n) is 4.11. The summed E-state index contributed by atoms with van der Waals surface area (Å²) in [5.41, 5.74) is 1.04. The Kier molecular flexibility index (Phi) is 4.14. The second-order valence-corrected chi connectivity index (χ2v) is 3.38. The summed E-state index contributed by atoms with van der Waals surface area (Å²) in [5, 5.41) is 8.83. The molecule has 0 bridgehead atoms. The zero-order valence-electron chi connectivity index (χ0n) is 7.70. The Labute approximate surface area is 91.2 Å². The molecule has 0 N–H and O–H groups in total. The van der Waals surface area contributed by atoms with Crippen molar-refractivity contribution in [3.05, 3.63) is 34.8 Å². The fraction of sp³-hybridized carbons (Fsp3) is 0.200. The van der Waals surface area contributed by atoms with Gasteiger partial charge in [0.2, 0.25) is 0 Å². The summed E-state index contributed by atoms with van der Waals surface area (Å²) in [5.74, 6) is 0. The predicted octanol–water partition coefficient (Wildman–Crippen LogP) is 2.75. The van der Waals surface area contributed by atoms with Crippen LogP contribution in [0.15, 0.2) is 29.1 Å². The van der Waals surface area contributed by atoms with Gasteiger partial charge in [0.1, 0.15) is 17.9 Å². The third-order valence-corrected chi connectivity index (χ3v) is 1.96. The molecule has 0 radical (unpaired) electrons. The number of ether oxygens (including phenoxy) is 1. The van der Waals surface area contributed by atoms with Gasteiger partial charge in [-0.25, -0.2) is 0 Å². The van der Waals surface area contributed by atoms with Gasteiger partial charge in [0, 0.05) is 10.7 Å². The van der Waals surface area contributed by atoms with E-state index in [-0.39, 0.29) is 0 Å². The smallest absolute Gasteiger partial charge is 0.112 e. The molecule has 1 aromatic rings. The number of hydrogen-bond donors (Lipinski definition) is 0. The van der Waals surface area contributed by atoms with Gasteiger partial charge in [-0.1, -0.05) is 0 Å². The Morgan fingerprint density at radius 2 is 2.50 bits per heavy atom. The summed E-state index contributed by atoms with van der Waals surface area (Å²) in [6, 6.07) is 5.63. The zero-order valence-corrected chi connectivity index (χ0v) is 9.28. The van der Waals surface area contributed by atoms with Gasteiger partial charge in [0.15, 0.2) is 0 Å². The number of nitrogens with zero attached hydrogens (tertiary/aromatic N) is 2. The van der Waals surface area contributed by atoms with E-state index in [1.807, 2.05) is 19.1 Å². The van der Waals surface area contributed by atoms with Crippen molar-refractivity contribution < 1.29 is 4.74 Å². The van der Waals surface area contributed by atoms with Gasteiger partial charge in [-0.15, -0.1) is 0 Å². The van der Waals surface area contributed by atoms with E-state index >= 15 is 0 Å². The summed E-state index contributed by atoms with van der Waals surface area (Å²) in [4.78, 5) is 4.08. The normalized spacial score (nSPS) is 10.8. The molecule has 4 heteroatoms. The molecule has 72 valence electrons. The molecule has 0 aliphatic carbocycles. The number of allylic oxidation sites excluding steroid dienone is 1. The number of aromatic nitrogens is 1. The zero-order chi connectivity index (χ0) is 10.4. The molecule has 0 saturated heterocycles. The van der Waals surface area contributed by atoms with Crippen LogP contribution < -0.4 is 0 Å². The van der Waals surface area contributed by atoms with E-state index < -0.39 is 0 Å². The summed E-state index contributed by atoms with van der Waals surface area (Å²) in [6.45, 7) is 2.40. The van der Waals surface area contributed by atoms with Crippen molar-refractivity contribution in [2.45, 2.75) is 6.92 Å². The molecule has 0 spiro atoms. The van der Waals surface area contributed by atoms with E-state index in [9.17, 15) is 0 Å². The Hall–Kier alpha value is -1.34. The molecule has 3 nitrogen and oxygen atoms in total. The van der Waals surface area contributed by atoms with E-state index in [2.05, 4.69) is 20.9 Å². The molecule has 1 rings (SSSR count).